The largest absolute Gasteiger partial charge is 0.340 e. The van der Waals surface area contributed by atoms with E-state index in [0.717, 1.165) is 6.54 Å². The summed E-state index contributed by atoms with van der Waals surface area (Å²) < 4.78 is 2.50. The number of benzene rings is 4. The second-order valence-electron chi connectivity index (χ2n) is 7.90. The van der Waals surface area contributed by atoms with Gasteiger partial charge in [-0.3, -0.25) is 0 Å². The average Bonchev–Trinajstić information content (AvgIpc) is 2.92. The topological polar surface area (TPSA) is 4.93 Å². The molecule has 1 heterocycles. The fourth-order valence-electron chi connectivity index (χ4n) is 4.27. The second kappa shape index (κ2) is 5.60. The molecule has 0 unspecified atom stereocenters. The van der Waals surface area contributed by atoms with Crippen LogP contribution in [0, 0.1) is 12.8 Å². The van der Waals surface area contributed by atoms with Gasteiger partial charge in [-0.15, -0.1) is 0 Å². The first-order valence-electron chi connectivity index (χ1n) is 9.46. The first-order chi connectivity index (χ1) is 12.6. The maximum atomic E-state index is 2.50. The van der Waals surface area contributed by atoms with Crippen molar-refractivity contribution in [1.82, 2.24) is 4.57 Å². The minimum absolute atomic E-state index is 0.613. The van der Waals surface area contributed by atoms with E-state index in [2.05, 4.69) is 92.1 Å². The Morgan fingerprint density at radius 3 is 2.31 bits per heavy atom. The smallest absolute Gasteiger partial charge is 0.0497 e. The highest BCUT2D eigenvalue weighted by Crippen LogP contribution is 2.36. The number of nitrogens with zero attached hydrogens (tertiary/aromatic N) is 1. The Balaban J connectivity index is 1.98. The molecule has 0 saturated heterocycles. The molecule has 5 rings (SSSR count). The quantitative estimate of drug-likeness (QED) is 0.304. The highest BCUT2D eigenvalue weighted by atomic mass is 15.0. The first-order valence-corrected chi connectivity index (χ1v) is 9.46. The molecule has 4 aromatic carbocycles. The zero-order valence-electron chi connectivity index (χ0n) is 15.6. The summed E-state index contributed by atoms with van der Waals surface area (Å²) in [6.07, 6.45) is 0. The molecule has 0 N–H and O–H groups in total. The van der Waals surface area contributed by atoms with Gasteiger partial charge in [0.1, 0.15) is 0 Å². The lowest BCUT2D eigenvalue weighted by molar-refractivity contribution is 0.545. The van der Waals surface area contributed by atoms with E-state index in [9.17, 15) is 0 Å². The lowest BCUT2D eigenvalue weighted by Crippen LogP contribution is -2.03. The predicted molar refractivity (Wildman–Crippen MR) is 114 cm³/mol. The second-order valence-corrected chi connectivity index (χ2v) is 7.90. The molecule has 26 heavy (non-hydrogen) atoms. The third-order valence-electron chi connectivity index (χ3n) is 5.43. The van der Waals surface area contributed by atoms with Crippen LogP contribution in [0.4, 0.5) is 0 Å². The van der Waals surface area contributed by atoms with Gasteiger partial charge in [0.2, 0.25) is 0 Å². The van der Waals surface area contributed by atoms with Gasteiger partial charge >= 0.3 is 0 Å². The fourth-order valence-corrected chi connectivity index (χ4v) is 4.27. The van der Waals surface area contributed by atoms with Crippen molar-refractivity contribution in [2.45, 2.75) is 27.3 Å². The number of aromatic nitrogens is 1. The van der Waals surface area contributed by atoms with Crippen molar-refractivity contribution in [3.05, 3.63) is 72.3 Å². The summed E-state index contributed by atoms with van der Waals surface area (Å²) >= 11 is 0. The summed E-state index contributed by atoms with van der Waals surface area (Å²) in [4.78, 5) is 0. The van der Waals surface area contributed by atoms with Crippen molar-refractivity contribution in [1.29, 1.82) is 0 Å². The molecule has 0 spiro atoms. The molecule has 5 aromatic rings. The van der Waals surface area contributed by atoms with Gasteiger partial charge < -0.3 is 4.57 Å². The molecule has 0 radical (unpaired) electrons. The van der Waals surface area contributed by atoms with Crippen molar-refractivity contribution in [3.63, 3.8) is 0 Å². The van der Waals surface area contributed by atoms with Crippen LogP contribution in [0.2, 0.25) is 0 Å². The van der Waals surface area contributed by atoms with Crippen LogP contribution < -0.4 is 0 Å². The van der Waals surface area contributed by atoms with Crippen LogP contribution in [0.25, 0.3) is 43.4 Å². The number of aryl methyl sites for hydroxylation is 1. The third-order valence-corrected chi connectivity index (χ3v) is 5.43. The molecule has 1 aromatic heterocycles. The van der Waals surface area contributed by atoms with E-state index < -0.39 is 0 Å². The molecule has 1 heteroatoms. The zero-order chi connectivity index (χ0) is 17.8. The Labute approximate surface area is 153 Å². The maximum Gasteiger partial charge on any atom is 0.0497 e. The van der Waals surface area contributed by atoms with Crippen LogP contribution in [0.3, 0.4) is 0 Å². The lowest BCUT2D eigenvalue weighted by Gasteiger charge is -2.11. The molecular formula is C25H23N. The molecule has 0 aliphatic rings. The standard InChI is InChI=1S/C25H23N/c1-16(2)15-26-24-11-8-17(3)12-22(24)23-14-21-19(13-25(23)26)10-9-18-6-4-5-7-20(18)21/h4-14,16H,15H2,1-3H3. The van der Waals surface area contributed by atoms with E-state index in [4.69, 9.17) is 0 Å². The van der Waals surface area contributed by atoms with Gasteiger partial charge in [0.15, 0.2) is 0 Å². The molecule has 0 atom stereocenters. The van der Waals surface area contributed by atoms with Gasteiger partial charge in [0, 0.05) is 28.4 Å². The van der Waals surface area contributed by atoms with Crippen LogP contribution in [-0.4, -0.2) is 4.57 Å². The van der Waals surface area contributed by atoms with Gasteiger partial charge in [0.25, 0.3) is 0 Å². The van der Waals surface area contributed by atoms with Gasteiger partial charge in [-0.25, -0.2) is 0 Å². The van der Waals surface area contributed by atoms with Gasteiger partial charge in [0.05, 0.1) is 0 Å². The lowest BCUT2D eigenvalue weighted by atomic mass is 9.99. The van der Waals surface area contributed by atoms with Gasteiger partial charge in [-0.2, -0.15) is 0 Å². The summed E-state index contributed by atoms with van der Waals surface area (Å²) in [6, 6.07) is 24.8. The molecule has 0 fully saturated rings. The molecule has 0 saturated carbocycles. The Kier molecular flexibility index (Phi) is 3.33. The zero-order valence-corrected chi connectivity index (χ0v) is 15.6. The summed E-state index contributed by atoms with van der Waals surface area (Å²) in [6.45, 7) is 7.81. The Bertz CT molecular complexity index is 1290. The Morgan fingerprint density at radius 2 is 1.46 bits per heavy atom. The van der Waals surface area contributed by atoms with Gasteiger partial charge in [-0.05, 0) is 58.7 Å². The van der Waals surface area contributed by atoms with Crippen LogP contribution in [0.15, 0.2) is 66.7 Å². The Hall–Kier alpha value is -2.80. The first kappa shape index (κ1) is 15.5. The monoisotopic (exact) mass is 337 g/mol. The number of hydrogen-bond acceptors (Lipinski definition) is 0. The highest BCUT2D eigenvalue weighted by Gasteiger charge is 2.13. The van der Waals surface area contributed by atoms with Crippen LogP contribution in [0.1, 0.15) is 19.4 Å². The normalized spacial score (nSPS) is 12.2. The van der Waals surface area contributed by atoms with E-state index in [0.29, 0.717) is 5.92 Å². The van der Waals surface area contributed by atoms with Crippen molar-refractivity contribution >= 4 is 43.4 Å². The SMILES string of the molecule is Cc1ccc2c(c1)c1cc3c(ccc4ccccc43)cc1n2CC(C)C. The number of hydrogen-bond donors (Lipinski definition) is 0. The van der Waals surface area contributed by atoms with E-state index in [1.54, 1.807) is 0 Å². The molecule has 0 bridgehead atoms. The van der Waals surface area contributed by atoms with Crippen molar-refractivity contribution in [2.24, 2.45) is 5.92 Å². The maximum absolute atomic E-state index is 2.50. The Morgan fingerprint density at radius 1 is 0.692 bits per heavy atom. The third kappa shape index (κ3) is 2.24. The summed E-state index contributed by atoms with van der Waals surface area (Å²) in [5, 5.41) is 8.05. The minimum atomic E-state index is 0.613. The van der Waals surface area contributed by atoms with Crippen molar-refractivity contribution in [2.75, 3.05) is 0 Å². The van der Waals surface area contributed by atoms with Gasteiger partial charge in [-0.1, -0.05) is 61.9 Å². The highest BCUT2D eigenvalue weighted by molar-refractivity contribution is 6.17. The van der Waals surface area contributed by atoms with Crippen molar-refractivity contribution in [3.8, 4) is 0 Å². The van der Waals surface area contributed by atoms with E-state index >= 15 is 0 Å². The molecule has 0 amide bonds. The summed E-state index contributed by atoms with van der Waals surface area (Å²) in [5.41, 5.74) is 4.01. The molecule has 0 aliphatic heterocycles. The molecule has 1 nitrogen and oxygen atoms in total. The van der Waals surface area contributed by atoms with E-state index in [-0.39, 0.29) is 0 Å². The molecule has 0 aliphatic carbocycles. The fraction of sp³-hybridized carbons (Fsp3) is 0.200. The summed E-state index contributed by atoms with van der Waals surface area (Å²) in [5.74, 6) is 0.613. The number of fused-ring (bicyclic) bond motifs is 6. The predicted octanol–water partition coefficient (Wildman–Crippen LogP) is 7.07. The van der Waals surface area contributed by atoms with Crippen LogP contribution in [0.5, 0.6) is 0 Å². The van der Waals surface area contributed by atoms with E-state index in [1.165, 1.54) is 48.9 Å². The van der Waals surface area contributed by atoms with Crippen LogP contribution in [-0.2, 0) is 6.54 Å². The van der Waals surface area contributed by atoms with E-state index in [1.807, 2.05) is 0 Å². The number of rotatable bonds is 2. The van der Waals surface area contributed by atoms with Crippen LogP contribution >= 0.6 is 0 Å². The average molecular weight is 337 g/mol. The molecule has 128 valence electrons. The van der Waals surface area contributed by atoms with Crippen molar-refractivity contribution < 1.29 is 0 Å². The summed E-state index contributed by atoms with van der Waals surface area (Å²) in [7, 11) is 0. The molecular weight excluding hydrogens is 314 g/mol. The minimum Gasteiger partial charge on any atom is -0.340 e.